The van der Waals surface area contributed by atoms with Crippen LogP contribution >= 0.6 is 0 Å². The molecule has 0 spiro atoms. The van der Waals surface area contributed by atoms with Crippen LogP contribution < -0.4 is 0 Å². The predicted molar refractivity (Wildman–Crippen MR) is 211 cm³/mol. The Hall–Kier alpha value is -10.1. The Morgan fingerprint density at radius 3 is 0.734 bits per heavy atom. The van der Waals surface area contributed by atoms with Crippen LogP contribution in [-0.2, 0) is 0 Å². The number of rotatable bonds is 8. The van der Waals surface area contributed by atoms with Crippen molar-refractivity contribution in [3.63, 3.8) is 0 Å². The highest BCUT2D eigenvalue weighted by Crippen LogP contribution is 2.38. The lowest BCUT2D eigenvalue weighted by Gasteiger charge is -2.22. The minimum absolute atomic E-state index is 0.413. The lowest BCUT2D eigenvalue weighted by atomic mass is 9.98. The van der Waals surface area contributed by atoms with Gasteiger partial charge in [-0.2, -0.15) is 40.8 Å². The third-order valence-corrected chi connectivity index (χ3v) is 10.6. The molecule has 1 aliphatic carbocycles. The van der Waals surface area contributed by atoms with E-state index in [2.05, 4.69) is 60.3 Å². The summed E-state index contributed by atoms with van der Waals surface area (Å²) in [6.45, 7) is 0. The maximum atomic E-state index is 5.23. The molecule has 304 valence electrons. The lowest BCUT2D eigenvalue weighted by molar-refractivity contribution is 0.763. The minimum atomic E-state index is 0.413. The van der Waals surface area contributed by atoms with Crippen LogP contribution in [0, 0.1) is 42.0 Å². The van der Waals surface area contributed by atoms with E-state index >= 15 is 0 Å². The van der Waals surface area contributed by atoms with Gasteiger partial charge in [0.05, 0.1) is 10.7 Å². The van der Waals surface area contributed by atoms with Gasteiger partial charge in [0.1, 0.15) is 147 Å². The molecule has 26 nitrogen and oxygen atoms in total. The van der Waals surface area contributed by atoms with E-state index in [1.54, 1.807) is 100 Å². The molecule has 0 radical (unpaired) electrons. The van der Waals surface area contributed by atoms with Gasteiger partial charge in [0.15, 0.2) is 0 Å². The molecule has 0 atom stereocenters. The number of fused-ring (bicyclic) bond motifs is 4. The van der Waals surface area contributed by atoms with Crippen LogP contribution in [0.15, 0.2) is 138 Å². The summed E-state index contributed by atoms with van der Waals surface area (Å²) in [6.07, 6.45) is 27.6. The molecule has 0 aliphatic heterocycles. The van der Waals surface area contributed by atoms with Gasteiger partial charge in [-0.05, 0) is 10.4 Å². The van der Waals surface area contributed by atoms with Crippen LogP contribution in [0.25, 0.3) is 45.5 Å². The fraction of sp³-hybridized carbons (Fsp3) is 0. The zero-order chi connectivity index (χ0) is 42.1. The molecule has 64 heavy (non-hydrogen) atoms. The lowest BCUT2D eigenvalue weighted by Crippen LogP contribution is -2.18. The Kier molecular flexibility index (Phi) is 7.43. The van der Waals surface area contributed by atoms with Crippen molar-refractivity contribution in [2.24, 2.45) is 0 Å². The molecular weight excluding hydrogens is 821 g/mol. The largest absolute Gasteiger partial charge is 0.252 e. The first-order valence-electron chi connectivity index (χ1n) is 19.0. The number of nitrogens with zero attached hydrogens (tertiary/aromatic N) is 26. The summed E-state index contributed by atoms with van der Waals surface area (Å²) in [7, 11) is 0. The van der Waals surface area contributed by atoms with Gasteiger partial charge in [-0.3, -0.25) is 9.97 Å². The van der Waals surface area contributed by atoms with Gasteiger partial charge in [0.25, 0.3) is 0 Å². The van der Waals surface area contributed by atoms with Crippen molar-refractivity contribution in [2.75, 3.05) is 0 Å². The van der Waals surface area contributed by atoms with Gasteiger partial charge in [-0.1, -0.05) is 24.3 Å². The summed E-state index contributed by atoms with van der Waals surface area (Å²) in [5, 5.41) is 42.3. The predicted octanol–water partition coefficient (Wildman–Crippen LogP) is 0.584. The summed E-state index contributed by atoms with van der Waals surface area (Å²) in [5.74, 6) is 0. The SMILES string of the molecule is c1ccc2c(c1)=c1c(-n3cncn3)c(-n3cncn3)c(-n3cncn3)c(-n3cncn3)c1=c1nccnc1=c1c(-n3cncn3)c(-n3cncn3)c(-n3cncn3)c(-n3cncn3)c1=2. The van der Waals surface area contributed by atoms with E-state index in [1.807, 2.05) is 24.3 Å². The average Bonchev–Trinajstić information content (AvgIpc) is 4.20. The molecule has 0 saturated heterocycles. The van der Waals surface area contributed by atoms with Crippen molar-refractivity contribution in [1.29, 1.82) is 0 Å². The number of aromatic nitrogens is 26. The first-order valence-corrected chi connectivity index (χ1v) is 19.0. The zero-order valence-electron chi connectivity index (χ0n) is 32.3. The van der Waals surface area contributed by atoms with Crippen molar-refractivity contribution < 1.29 is 0 Å². The van der Waals surface area contributed by atoms with Crippen LogP contribution in [0.3, 0.4) is 0 Å². The second-order valence-electron chi connectivity index (χ2n) is 13.8. The molecule has 3 aromatic carbocycles. The Labute approximate surface area is 352 Å². The van der Waals surface area contributed by atoms with E-state index in [0.717, 1.165) is 0 Å². The second-order valence-corrected chi connectivity index (χ2v) is 13.8. The van der Waals surface area contributed by atoms with Crippen molar-refractivity contribution in [3.05, 3.63) is 180 Å². The molecular formula is C38H22N26. The number of hydrogen-bond donors (Lipinski definition) is 0. The molecule has 0 N–H and O–H groups in total. The zero-order valence-corrected chi connectivity index (χ0v) is 32.3. The molecule has 9 aromatic heterocycles. The fourth-order valence-corrected chi connectivity index (χ4v) is 8.35. The first kappa shape index (κ1) is 34.7. The summed E-state index contributed by atoms with van der Waals surface area (Å²) < 4.78 is 13.2. The van der Waals surface area contributed by atoms with Gasteiger partial charge in [0.2, 0.25) is 0 Å². The Morgan fingerprint density at radius 1 is 0.266 bits per heavy atom. The smallest absolute Gasteiger partial charge is 0.138 e. The van der Waals surface area contributed by atoms with E-state index < -0.39 is 0 Å². The van der Waals surface area contributed by atoms with Crippen LogP contribution in [0.4, 0.5) is 0 Å². The van der Waals surface area contributed by atoms with Crippen LogP contribution in [0.2, 0.25) is 0 Å². The highest BCUT2D eigenvalue weighted by Gasteiger charge is 2.30. The van der Waals surface area contributed by atoms with E-state index in [-0.39, 0.29) is 0 Å². The molecule has 12 aromatic rings. The monoisotopic (exact) mass is 842 g/mol. The molecule has 9 heterocycles. The van der Waals surface area contributed by atoms with Crippen molar-refractivity contribution in [1.82, 2.24) is 128 Å². The molecule has 26 heteroatoms. The third kappa shape index (κ3) is 5.00. The van der Waals surface area contributed by atoms with Crippen LogP contribution in [-0.4, -0.2) is 128 Å². The fourth-order valence-electron chi connectivity index (χ4n) is 8.35. The normalized spacial score (nSPS) is 11.8. The molecule has 1 aliphatic rings. The quantitative estimate of drug-likeness (QED) is 0.202. The molecule has 0 bridgehead atoms. The van der Waals surface area contributed by atoms with Crippen molar-refractivity contribution >= 4 is 0 Å². The highest BCUT2D eigenvalue weighted by atomic mass is 15.4. The van der Waals surface area contributed by atoms with E-state index in [0.29, 0.717) is 87.5 Å². The molecule has 0 fully saturated rings. The highest BCUT2D eigenvalue weighted by molar-refractivity contribution is 5.75. The van der Waals surface area contributed by atoms with E-state index in [4.69, 9.17) is 30.4 Å². The van der Waals surface area contributed by atoms with Gasteiger partial charge in [-0.25, -0.2) is 77.3 Å². The van der Waals surface area contributed by atoms with Gasteiger partial charge in [0, 0.05) is 33.3 Å². The Balaban J connectivity index is 1.51. The van der Waals surface area contributed by atoms with Gasteiger partial charge in [-0.15, -0.1) is 0 Å². The summed E-state index contributed by atoms with van der Waals surface area (Å²) >= 11 is 0. The summed E-state index contributed by atoms with van der Waals surface area (Å²) in [6, 6.07) is 7.95. The molecule has 0 saturated carbocycles. The number of hydrogen-bond acceptors (Lipinski definition) is 18. The molecule has 0 amide bonds. The summed E-state index contributed by atoms with van der Waals surface area (Å²) in [4.78, 5) is 45.7. The third-order valence-electron chi connectivity index (χ3n) is 10.6. The van der Waals surface area contributed by atoms with Crippen molar-refractivity contribution in [2.45, 2.75) is 0 Å². The molecule has 0 unspecified atom stereocenters. The van der Waals surface area contributed by atoms with E-state index in [9.17, 15) is 0 Å². The van der Waals surface area contributed by atoms with Crippen molar-refractivity contribution in [3.8, 4) is 45.5 Å². The molecule has 13 rings (SSSR count). The topological polar surface area (TPSA) is 271 Å². The van der Waals surface area contributed by atoms with E-state index in [1.165, 1.54) is 50.6 Å². The second kappa shape index (κ2) is 13.7. The van der Waals surface area contributed by atoms with Crippen LogP contribution in [0.1, 0.15) is 0 Å². The standard InChI is InChI=1S/C38H22N26/c1-2-4-24-23(3-1)25-27(33(59-17-41-9-51-59)37(63-21-45-13-55-63)35(61-19-43-11-53-61)31(25)57-15-39-7-49-57)29-30(48-6-5-47-29)28-26(24)32(58-16-40-8-50-58)36(62-20-44-12-54-62)38(64-22-46-14-56-64)34(28)60-18-42-10-52-60/h1-22H. The Morgan fingerprint density at radius 2 is 0.500 bits per heavy atom. The minimum Gasteiger partial charge on any atom is -0.252 e. The maximum Gasteiger partial charge on any atom is 0.138 e. The Bertz CT molecular complexity index is 3510. The van der Waals surface area contributed by atoms with Crippen LogP contribution in [0.5, 0.6) is 0 Å². The maximum absolute atomic E-state index is 5.23. The number of benzene rings is 3. The van der Waals surface area contributed by atoms with Gasteiger partial charge < -0.3 is 0 Å². The first-order chi connectivity index (χ1) is 31.8. The average molecular weight is 843 g/mol. The summed E-state index contributed by atoms with van der Waals surface area (Å²) in [5.41, 5.74) is 3.94. The van der Waals surface area contributed by atoms with Gasteiger partial charge >= 0.3 is 0 Å².